The van der Waals surface area contributed by atoms with Crippen molar-refractivity contribution in [1.29, 1.82) is 0 Å². The largest absolute Gasteiger partial charge is 0.489 e. The van der Waals surface area contributed by atoms with Gasteiger partial charge < -0.3 is 15.2 Å². The summed E-state index contributed by atoms with van der Waals surface area (Å²) in [6, 6.07) is 10.5. The maximum Gasteiger partial charge on any atom is 0.278 e. The summed E-state index contributed by atoms with van der Waals surface area (Å²) < 4.78 is 5.59. The van der Waals surface area contributed by atoms with Crippen molar-refractivity contribution in [2.75, 3.05) is 5.32 Å². The highest BCUT2D eigenvalue weighted by Gasteiger charge is 2.15. The minimum absolute atomic E-state index is 0.0431. The van der Waals surface area contributed by atoms with Crippen LogP contribution in [-0.4, -0.2) is 22.1 Å². The molecule has 2 N–H and O–H groups in total. The van der Waals surface area contributed by atoms with E-state index < -0.39 is 0 Å². The van der Waals surface area contributed by atoms with Crippen molar-refractivity contribution < 1.29 is 14.6 Å². The summed E-state index contributed by atoms with van der Waals surface area (Å²) in [7, 11) is 0. The monoisotopic (exact) mass is 286 g/mol. The second-order valence-corrected chi connectivity index (χ2v) is 4.83. The summed E-state index contributed by atoms with van der Waals surface area (Å²) in [6.07, 6.45) is 1.50. The molecule has 5 heteroatoms. The first-order chi connectivity index (χ1) is 10.1. The number of ether oxygens (including phenoxy) is 1. The Labute approximate surface area is 123 Å². The molecule has 0 atom stereocenters. The standard InChI is InChI=1S/C16H18N2O3/c1-11(2)21-14-7-4-8-17-15(14)16(20)18-13-6-3-5-12(9-13)10-19/h3-9,11,19H,10H2,1-2H3,(H,18,20). The van der Waals surface area contributed by atoms with E-state index in [1.165, 1.54) is 0 Å². The van der Waals surface area contributed by atoms with E-state index in [2.05, 4.69) is 10.3 Å². The van der Waals surface area contributed by atoms with Crippen molar-refractivity contribution in [3.8, 4) is 5.75 Å². The minimum atomic E-state index is -0.346. The van der Waals surface area contributed by atoms with Gasteiger partial charge in [0.1, 0.15) is 0 Å². The third-order valence-corrected chi connectivity index (χ3v) is 2.72. The van der Waals surface area contributed by atoms with E-state index in [4.69, 9.17) is 9.84 Å². The second-order valence-electron chi connectivity index (χ2n) is 4.83. The number of pyridine rings is 1. The maximum atomic E-state index is 12.3. The van der Waals surface area contributed by atoms with Crippen molar-refractivity contribution in [2.45, 2.75) is 26.6 Å². The SMILES string of the molecule is CC(C)Oc1cccnc1C(=O)Nc1cccc(CO)c1. The zero-order valence-corrected chi connectivity index (χ0v) is 12.0. The van der Waals surface area contributed by atoms with E-state index >= 15 is 0 Å². The Morgan fingerprint density at radius 3 is 2.86 bits per heavy atom. The van der Waals surface area contributed by atoms with Crippen LogP contribution in [0.25, 0.3) is 0 Å². The lowest BCUT2D eigenvalue weighted by Crippen LogP contribution is -2.17. The molecule has 0 aliphatic rings. The van der Waals surface area contributed by atoms with Crippen LogP contribution in [-0.2, 0) is 6.61 Å². The van der Waals surface area contributed by atoms with Gasteiger partial charge in [0.15, 0.2) is 11.4 Å². The number of aliphatic hydroxyl groups is 1. The Morgan fingerprint density at radius 1 is 1.33 bits per heavy atom. The number of nitrogens with zero attached hydrogens (tertiary/aromatic N) is 1. The van der Waals surface area contributed by atoms with E-state index in [0.717, 1.165) is 5.56 Å². The molecular formula is C16H18N2O3. The smallest absolute Gasteiger partial charge is 0.278 e. The van der Waals surface area contributed by atoms with Crippen LogP contribution in [0.15, 0.2) is 42.6 Å². The molecule has 0 saturated heterocycles. The number of anilines is 1. The van der Waals surface area contributed by atoms with Gasteiger partial charge in [-0.1, -0.05) is 12.1 Å². The van der Waals surface area contributed by atoms with Crippen molar-refractivity contribution in [3.63, 3.8) is 0 Å². The van der Waals surface area contributed by atoms with Gasteiger partial charge in [-0.05, 0) is 43.7 Å². The highest BCUT2D eigenvalue weighted by Crippen LogP contribution is 2.19. The van der Waals surface area contributed by atoms with Gasteiger partial charge in [0, 0.05) is 11.9 Å². The molecule has 0 aliphatic carbocycles. The summed E-state index contributed by atoms with van der Waals surface area (Å²) in [5, 5.41) is 11.9. The topological polar surface area (TPSA) is 71.5 Å². The lowest BCUT2D eigenvalue weighted by molar-refractivity contribution is 0.101. The van der Waals surface area contributed by atoms with Crippen molar-refractivity contribution in [1.82, 2.24) is 4.98 Å². The Morgan fingerprint density at radius 2 is 2.14 bits per heavy atom. The summed E-state index contributed by atoms with van der Waals surface area (Å²) in [5.74, 6) is 0.102. The lowest BCUT2D eigenvalue weighted by atomic mass is 10.2. The van der Waals surface area contributed by atoms with Crippen LogP contribution in [0.3, 0.4) is 0 Å². The zero-order valence-electron chi connectivity index (χ0n) is 12.0. The first kappa shape index (κ1) is 15.0. The quantitative estimate of drug-likeness (QED) is 0.886. The average molecular weight is 286 g/mol. The average Bonchev–Trinajstić information content (AvgIpc) is 2.47. The van der Waals surface area contributed by atoms with Gasteiger partial charge in [0.2, 0.25) is 0 Å². The molecule has 2 aromatic rings. The first-order valence-corrected chi connectivity index (χ1v) is 6.73. The number of hydrogen-bond donors (Lipinski definition) is 2. The van der Waals surface area contributed by atoms with Crippen molar-refractivity contribution >= 4 is 11.6 Å². The normalized spacial score (nSPS) is 10.5. The van der Waals surface area contributed by atoms with E-state index in [-0.39, 0.29) is 24.3 Å². The Bertz CT molecular complexity index is 626. The molecule has 0 radical (unpaired) electrons. The number of nitrogens with one attached hydrogen (secondary N) is 1. The Kier molecular flexibility index (Phi) is 4.90. The number of carbonyl (C=O) groups excluding carboxylic acids is 1. The summed E-state index contributed by atoms with van der Waals surface area (Å²) in [6.45, 7) is 3.70. The number of amides is 1. The predicted molar refractivity (Wildman–Crippen MR) is 80.3 cm³/mol. The van der Waals surface area contributed by atoms with Gasteiger partial charge in [-0.2, -0.15) is 0 Å². The lowest BCUT2D eigenvalue weighted by Gasteiger charge is -2.13. The Balaban J connectivity index is 2.20. The molecule has 1 aromatic carbocycles. The number of carbonyl (C=O) groups is 1. The number of benzene rings is 1. The van der Waals surface area contributed by atoms with Crippen LogP contribution in [0.2, 0.25) is 0 Å². The molecule has 0 spiro atoms. The summed E-state index contributed by atoms with van der Waals surface area (Å²) in [4.78, 5) is 16.4. The number of hydrogen-bond acceptors (Lipinski definition) is 4. The van der Waals surface area contributed by atoms with Crippen LogP contribution >= 0.6 is 0 Å². The van der Waals surface area contributed by atoms with E-state index in [9.17, 15) is 4.79 Å². The molecule has 1 heterocycles. The predicted octanol–water partition coefficient (Wildman–Crippen LogP) is 2.61. The number of aliphatic hydroxyl groups excluding tert-OH is 1. The molecule has 5 nitrogen and oxygen atoms in total. The summed E-state index contributed by atoms with van der Waals surface area (Å²) >= 11 is 0. The van der Waals surface area contributed by atoms with Gasteiger partial charge in [-0.3, -0.25) is 4.79 Å². The van der Waals surface area contributed by atoms with Gasteiger partial charge in [-0.25, -0.2) is 4.98 Å². The Hall–Kier alpha value is -2.40. The highest BCUT2D eigenvalue weighted by atomic mass is 16.5. The molecule has 110 valence electrons. The van der Waals surface area contributed by atoms with Crippen LogP contribution in [0.5, 0.6) is 5.75 Å². The van der Waals surface area contributed by atoms with Gasteiger partial charge >= 0.3 is 0 Å². The van der Waals surface area contributed by atoms with Gasteiger partial charge in [0.25, 0.3) is 5.91 Å². The number of aromatic nitrogens is 1. The minimum Gasteiger partial charge on any atom is -0.489 e. The molecule has 1 aromatic heterocycles. The van der Waals surface area contributed by atoms with Crippen molar-refractivity contribution in [2.24, 2.45) is 0 Å². The third-order valence-electron chi connectivity index (χ3n) is 2.72. The zero-order chi connectivity index (χ0) is 15.2. The molecule has 0 fully saturated rings. The summed E-state index contributed by atoms with van der Waals surface area (Å²) in [5.41, 5.74) is 1.57. The van der Waals surface area contributed by atoms with E-state index in [1.807, 2.05) is 13.8 Å². The molecule has 21 heavy (non-hydrogen) atoms. The third kappa shape index (κ3) is 4.03. The highest BCUT2D eigenvalue weighted by molar-refractivity contribution is 6.04. The molecule has 2 rings (SSSR count). The van der Waals surface area contributed by atoms with Gasteiger partial charge in [-0.15, -0.1) is 0 Å². The molecule has 1 amide bonds. The van der Waals surface area contributed by atoms with E-state index in [0.29, 0.717) is 11.4 Å². The van der Waals surface area contributed by atoms with Crippen molar-refractivity contribution in [3.05, 3.63) is 53.9 Å². The molecule has 0 bridgehead atoms. The fraction of sp³-hybridized carbons (Fsp3) is 0.250. The fourth-order valence-corrected chi connectivity index (χ4v) is 1.85. The molecule has 0 unspecified atom stereocenters. The molecule has 0 aliphatic heterocycles. The fourth-order valence-electron chi connectivity index (χ4n) is 1.85. The van der Waals surface area contributed by atoms with Crippen LogP contribution in [0, 0.1) is 0 Å². The van der Waals surface area contributed by atoms with Crippen LogP contribution in [0.4, 0.5) is 5.69 Å². The first-order valence-electron chi connectivity index (χ1n) is 6.73. The molecular weight excluding hydrogens is 268 g/mol. The van der Waals surface area contributed by atoms with Crippen LogP contribution < -0.4 is 10.1 Å². The second kappa shape index (κ2) is 6.85. The van der Waals surface area contributed by atoms with Crippen LogP contribution in [0.1, 0.15) is 29.9 Å². The van der Waals surface area contributed by atoms with E-state index in [1.54, 1.807) is 42.6 Å². The molecule has 0 saturated carbocycles. The maximum absolute atomic E-state index is 12.3. The van der Waals surface area contributed by atoms with Gasteiger partial charge in [0.05, 0.1) is 12.7 Å². The number of rotatable bonds is 5.